The highest BCUT2D eigenvalue weighted by Crippen LogP contribution is 2.32. The van der Waals surface area contributed by atoms with Gasteiger partial charge in [-0.15, -0.1) is 0 Å². The maximum absolute atomic E-state index is 12.5. The van der Waals surface area contributed by atoms with Crippen molar-refractivity contribution in [2.45, 2.75) is 31.1 Å². The minimum atomic E-state index is -5.78. The van der Waals surface area contributed by atoms with Gasteiger partial charge in [-0.05, 0) is 28.2 Å². The fourth-order valence-corrected chi connectivity index (χ4v) is 2.59. The summed E-state index contributed by atoms with van der Waals surface area (Å²) in [6, 6.07) is 0. The van der Waals surface area contributed by atoms with E-state index in [2.05, 4.69) is 14.2 Å². The first-order chi connectivity index (χ1) is 10.8. The van der Waals surface area contributed by atoms with Gasteiger partial charge in [0, 0.05) is 32.9 Å². The van der Waals surface area contributed by atoms with Crippen LogP contribution in [-0.4, -0.2) is 82.3 Å². The molecule has 1 heterocycles. The summed E-state index contributed by atoms with van der Waals surface area (Å²) in [5, 5.41) is 0. The lowest BCUT2D eigenvalue weighted by atomic mass is 10.1. The number of alkyl halides is 3. The van der Waals surface area contributed by atoms with Gasteiger partial charge < -0.3 is 9.80 Å². The lowest BCUT2D eigenvalue weighted by Gasteiger charge is -2.18. The smallest absolute Gasteiger partial charge is 0.309 e. The van der Waals surface area contributed by atoms with Crippen LogP contribution in [0.1, 0.15) is 19.8 Å². The van der Waals surface area contributed by atoms with Crippen molar-refractivity contribution in [1.29, 1.82) is 0 Å². The molecule has 1 aliphatic rings. The molecule has 0 N–H and O–H groups in total. The first kappa shape index (κ1) is 21.0. The number of nitrogens with zero attached hydrogens (tertiary/aromatic N) is 4. The van der Waals surface area contributed by atoms with Crippen molar-refractivity contribution in [3.8, 4) is 0 Å². The largest absolute Gasteiger partial charge is 0.523 e. The predicted molar refractivity (Wildman–Crippen MR) is 85.7 cm³/mol. The van der Waals surface area contributed by atoms with Crippen molar-refractivity contribution in [2.75, 3.05) is 41.3 Å². The molecule has 0 radical (unpaired) electrons. The highest BCUT2D eigenvalue weighted by Gasteiger charge is 2.52. The molecule has 1 aliphatic heterocycles. The lowest BCUT2D eigenvalue weighted by molar-refractivity contribution is -0.0624. The summed E-state index contributed by atoms with van der Waals surface area (Å²) >= 11 is 0. The van der Waals surface area contributed by atoms with Gasteiger partial charge in [-0.1, -0.05) is 0 Å². The van der Waals surface area contributed by atoms with Crippen LogP contribution in [0.4, 0.5) is 13.2 Å². The first-order valence-electron chi connectivity index (χ1n) is 7.25. The van der Waals surface area contributed by atoms with Crippen LogP contribution in [-0.2, 0) is 14.3 Å². The molecular formula is C13H23F3N4O3S. The van der Waals surface area contributed by atoms with Crippen LogP contribution in [0.25, 0.3) is 0 Å². The van der Waals surface area contributed by atoms with Gasteiger partial charge in [0.05, 0.1) is 11.4 Å². The molecule has 1 rings (SSSR count). The fourth-order valence-electron chi connectivity index (χ4n) is 2.01. The Hall–Kier alpha value is -1.04. The third-order valence-corrected chi connectivity index (χ3v) is 4.26. The van der Waals surface area contributed by atoms with E-state index in [-0.39, 0.29) is 0 Å². The Morgan fingerprint density at radius 1 is 1.00 bits per heavy atom. The molecule has 7 nitrogen and oxygen atoms in total. The molecule has 0 aliphatic carbocycles. The van der Waals surface area contributed by atoms with Gasteiger partial charge in [-0.2, -0.15) is 21.6 Å². The van der Waals surface area contributed by atoms with E-state index in [1.807, 2.05) is 38.0 Å². The molecule has 0 bridgehead atoms. The topological polar surface area (TPSA) is 74.6 Å². The van der Waals surface area contributed by atoms with Gasteiger partial charge in [0.25, 0.3) is 5.85 Å². The van der Waals surface area contributed by atoms with E-state index in [9.17, 15) is 21.6 Å². The quantitative estimate of drug-likeness (QED) is 0.475. The fraction of sp³-hybridized carbons (Fsp3) is 0.846. The van der Waals surface area contributed by atoms with Crippen molar-refractivity contribution in [2.24, 2.45) is 9.98 Å². The molecule has 0 aromatic rings. The lowest BCUT2D eigenvalue weighted by Crippen LogP contribution is -2.34. The zero-order valence-electron chi connectivity index (χ0n) is 14.4. The third kappa shape index (κ3) is 5.80. The van der Waals surface area contributed by atoms with Gasteiger partial charge in [-0.3, -0.25) is 0 Å². The summed E-state index contributed by atoms with van der Waals surface area (Å²) in [5.41, 5.74) is -4.59. The van der Waals surface area contributed by atoms with Crippen molar-refractivity contribution in [3.63, 3.8) is 0 Å². The Kier molecular flexibility index (Phi) is 6.53. The molecule has 11 heteroatoms. The van der Waals surface area contributed by atoms with E-state index in [0.29, 0.717) is 37.4 Å². The number of aliphatic imine (C=N–C) groups is 2. The van der Waals surface area contributed by atoms with Gasteiger partial charge in [0.2, 0.25) is 0 Å². The number of hydrogen-bond donors (Lipinski definition) is 0. The van der Waals surface area contributed by atoms with Crippen molar-refractivity contribution < 1.29 is 25.8 Å². The van der Waals surface area contributed by atoms with Crippen LogP contribution in [0.5, 0.6) is 0 Å². The molecule has 0 aromatic heterocycles. The number of rotatable bonds is 8. The van der Waals surface area contributed by atoms with Crippen molar-refractivity contribution in [1.82, 2.24) is 9.80 Å². The molecule has 0 amide bonds. The normalized spacial score (nSPS) is 18.2. The van der Waals surface area contributed by atoms with Crippen molar-refractivity contribution >= 4 is 21.5 Å². The zero-order chi connectivity index (χ0) is 18.8. The Labute approximate surface area is 140 Å². The van der Waals surface area contributed by atoms with E-state index in [0.717, 1.165) is 6.92 Å². The maximum Gasteiger partial charge on any atom is 0.523 e. The van der Waals surface area contributed by atoms with Gasteiger partial charge >= 0.3 is 15.6 Å². The molecule has 0 unspecified atom stereocenters. The predicted octanol–water partition coefficient (Wildman–Crippen LogP) is 1.33. The Morgan fingerprint density at radius 2 is 1.38 bits per heavy atom. The third-order valence-electron chi connectivity index (χ3n) is 3.16. The molecule has 0 saturated carbocycles. The standard InChI is InChI=1S/C13H23F3N4O3S/c1-12(23-24(21,22)13(14,15)16)17-10(6-8-19(2)3)11(18-12)7-9-20(4)5/h6-9H2,1-5H3. The van der Waals surface area contributed by atoms with Crippen LogP contribution in [0.3, 0.4) is 0 Å². The second-order valence-corrected chi connectivity index (χ2v) is 7.68. The van der Waals surface area contributed by atoms with Crippen LogP contribution < -0.4 is 0 Å². The SMILES string of the molecule is CN(C)CCC1=NC(C)(OS(=O)(=O)C(F)(F)F)N=C1CCN(C)C. The summed E-state index contributed by atoms with van der Waals surface area (Å²) in [7, 11) is 1.59. The average Bonchev–Trinajstić information content (AvgIpc) is 2.68. The number of hydrogen-bond acceptors (Lipinski definition) is 7. The van der Waals surface area contributed by atoms with Crippen LogP contribution in [0, 0.1) is 0 Å². The average molecular weight is 372 g/mol. The zero-order valence-corrected chi connectivity index (χ0v) is 15.2. The summed E-state index contributed by atoms with van der Waals surface area (Å²) < 4.78 is 64.4. The molecule has 24 heavy (non-hydrogen) atoms. The minimum absolute atomic E-state index is 0.435. The van der Waals surface area contributed by atoms with E-state index in [1.54, 1.807) is 0 Å². The monoisotopic (exact) mass is 372 g/mol. The first-order valence-corrected chi connectivity index (χ1v) is 8.66. The summed E-state index contributed by atoms with van der Waals surface area (Å²) in [4.78, 5) is 11.8. The molecule has 0 fully saturated rings. The van der Waals surface area contributed by atoms with Gasteiger partial charge in [0.15, 0.2) is 0 Å². The highest BCUT2D eigenvalue weighted by atomic mass is 32.2. The van der Waals surface area contributed by atoms with Crippen LogP contribution >= 0.6 is 0 Å². The molecule has 0 aromatic carbocycles. The van der Waals surface area contributed by atoms with E-state index in [1.165, 1.54) is 0 Å². The molecule has 0 atom stereocenters. The van der Waals surface area contributed by atoms with Crippen molar-refractivity contribution in [3.05, 3.63) is 0 Å². The van der Waals surface area contributed by atoms with Crippen LogP contribution in [0.2, 0.25) is 0 Å². The highest BCUT2D eigenvalue weighted by molar-refractivity contribution is 7.87. The number of halogens is 3. The molecular weight excluding hydrogens is 349 g/mol. The summed E-state index contributed by atoms with van der Waals surface area (Å²) in [5.74, 6) is -2.11. The van der Waals surface area contributed by atoms with Gasteiger partial charge in [0.1, 0.15) is 0 Å². The van der Waals surface area contributed by atoms with E-state index < -0.39 is 21.5 Å². The van der Waals surface area contributed by atoms with E-state index in [4.69, 9.17) is 0 Å². The summed E-state index contributed by atoms with van der Waals surface area (Å²) in [6.45, 7) is 2.30. The molecule has 140 valence electrons. The van der Waals surface area contributed by atoms with E-state index >= 15 is 0 Å². The Bertz CT molecular complexity index is 584. The maximum atomic E-state index is 12.5. The Balaban J connectivity index is 3.04. The molecule has 0 spiro atoms. The second-order valence-electron chi connectivity index (χ2n) is 6.14. The van der Waals surface area contributed by atoms with Crippen LogP contribution in [0.15, 0.2) is 9.98 Å². The Morgan fingerprint density at radius 3 is 1.67 bits per heavy atom. The minimum Gasteiger partial charge on any atom is -0.309 e. The van der Waals surface area contributed by atoms with Gasteiger partial charge in [-0.25, -0.2) is 14.2 Å². The summed E-state index contributed by atoms with van der Waals surface area (Å²) in [6.07, 6.45) is 0.870. The second kappa shape index (κ2) is 7.46. The molecule has 0 saturated heterocycles.